The van der Waals surface area contributed by atoms with Gasteiger partial charge in [0.15, 0.2) is 0 Å². The number of nitrogens with one attached hydrogen (secondary N) is 3. The van der Waals surface area contributed by atoms with Gasteiger partial charge in [-0.3, -0.25) is 9.59 Å². The zero-order valence-corrected chi connectivity index (χ0v) is 17.2. The molecule has 0 unspecified atom stereocenters. The van der Waals surface area contributed by atoms with Gasteiger partial charge in [-0.25, -0.2) is 4.79 Å². The van der Waals surface area contributed by atoms with Crippen molar-refractivity contribution in [2.75, 3.05) is 32.7 Å². The summed E-state index contributed by atoms with van der Waals surface area (Å²) in [6, 6.07) is 8.27. The van der Waals surface area contributed by atoms with Gasteiger partial charge in [0.05, 0.1) is 0 Å². The molecule has 1 saturated carbocycles. The van der Waals surface area contributed by atoms with E-state index in [1.807, 2.05) is 29.3 Å². The van der Waals surface area contributed by atoms with Gasteiger partial charge in [-0.15, -0.1) is 0 Å². The highest BCUT2D eigenvalue weighted by Crippen LogP contribution is 2.20. The molecule has 0 spiro atoms. The maximum absolute atomic E-state index is 12.6. The Labute approximate surface area is 176 Å². The molecule has 4 amide bonds. The van der Waals surface area contributed by atoms with Crippen molar-refractivity contribution in [1.82, 2.24) is 25.4 Å². The summed E-state index contributed by atoms with van der Waals surface area (Å²) in [5, 5.41) is 6.87. The Balaban J connectivity index is 1.16. The molecule has 4 rings (SSSR count). The van der Waals surface area contributed by atoms with Crippen LogP contribution in [-0.4, -0.2) is 71.4 Å². The standard InChI is InChI=1S/C22H29N5O3/c28-20(25-17-6-7-17)9-10-23-22(30)27-13-11-26(12-14-27)21(29)8-5-16-15-24-19-4-2-1-3-18(16)19/h1-4,15,17,24H,5-14H2,(H,23,30)(H,25,28). The highest BCUT2D eigenvalue weighted by molar-refractivity contribution is 5.84. The minimum atomic E-state index is -0.167. The van der Waals surface area contributed by atoms with Crippen molar-refractivity contribution in [3.63, 3.8) is 0 Å². The Hall–Kier alpha value is -3.03. The summed E-state index contributed by atoms with van der Waals surface area (Å²) >= 11 is 0. The van der Waals surface area contributed by atoms with Crippen molar-refractivity contribution in [2.24, 2.45) is 0 Å². The van der Waals surface area contributed by atoms with E-state index in [2.05, 4.69) is 21.7 Å². The molecule has 1 saturated heterocycles. The van der Waals surface area contributed by atoms with Gasteiger partial charge in [0, 0.05) is 68.7 Å². The van der Waals surface area contributed by atoms with Crippen LogP contribution in [0.2, 0.25) is 0 Å². The number of aromatic nitrogens is 1. The molecular formula is C22H29N5O3. The Bertz CT molecular complexity index is 912. The first-order valence-corrected chi connectivity index (χ1v) is 10.7. The van der Waals surface area contributed by atoms with Crippen LogP contribution in [0.15, 0.2) is 30.5 Å². The SMILES string of the molecule is O=C(CCNC(=O)N1CCN(C(=O)CCc2c[nH]c3ccccc23)CC1)NC1CC1. The molecule has 1 aliphatic carbocycles. The van der Waals surface area contributed by atoms with E-state index in [4.69, 9.17) is 0 Å². The average Bonchev–Trinajstić information content (AvgIpc) is 3.48. The first kappa shape index (κ1) is 20.3. The Morgan fingerprint density at radius 2 is 1.73 bits per heavy atom. The van der Waals surface area contributed by atoms with Crippen molar-refractivity contribution in [1.29, 1.82) is 0 Å². The van der Waals surface area contributed by atoms with Gasteiger partial charge in [0.1, 0.15) is 0 Å². The lowest BCUT2D eigenvalue weighted by atomic mass is 10.1. The summed E-state index contributed by atoms with van der Waals surface area (Å²) < 4.78 is 0. The van der Waals surface area contributed by atoms with Crippen LogP contribution in [0, 0.1) is 0 Å². The molecule has 2 fully saturated rings. The number of urea groups is 1. The van der Waals surface area contributed by atoms with E-state index in [0.717, 1.165) is 29.3 Å². The molecule has 1 aliphatic heterocycles. The number of piperazine rings is 1. The van der Waals surface area contributed by atoms with E-state index < -0.39 is 0 Å². The molecule has 0 radical (unpaired) electrons. The largest absolute Gasteiger partial charge is 0.361 e. The fraction of sp³-hybridized carbons (Fsp3) is 0.500. The lowest BCUT2D eigenvalue weighted by Gasteiger charge is -2.34. The van der Waals surface area contributed by atoms with E-state index in [1.54, 1.807) is 4.90 Å². The third-order valence-electron chi connectivity index (χ3n) is 5.77. The lowest BCUT2D eigenvalue weighted by molar-refractivity contribution is -0.132. The van der Waals surface area contributed by atoms with Crippen molar-refractivity contribution in [3.05, 3.63) is 36.0 Å². The second kappa shape index (κ2) is 9.19. The lowest BCUT2D eigenvalue weighted by Crippen LogP contribution is -2.53. The number of nitrogens with zero attached hydrogens (tertiary/aromatic N) is 2. The summed E-state index contributed by atoms with van der Waals surface area (Å²) in [6.45, 7) is 2.45. The van der Waals surface area contributed by atoms with Crippen LogP contribution in [0.1, 0.15) is 31.2 Å². The number of H-pyrrole nitrogens is 1. The highest BCUT2D eigenvalue weighted by atomic mass is 16.2. The summed E-state index contributed by atoms with van der Waals surface area (Å²) in [7, 11) is 0. The van der Waals surface area contributed by atoms with Crippen LogP contribution >= 0.6 is 0 Å². The number of carbonyl (C=O) groups is 3. The number of aromatic amines is 1. The van der Waals surface area contributed by atoms with Crippen molar-refractivity contribution in [2.45, 2.75) is 38.1 Å². The highest BCUT2D eigenvalue weighted by Gasteiger charge is 2.25. The minimum Gasteiger partial charge on any atom is -0.361 e. The number of fused-ring (bicyclic) bond motifs is 1. The average molecular weight is 412 g/mol. The van der Waals surface area contributed by atoms with Gasteiger partial charge in [0.2, 0.25) is 11.8 Å². The van der Waals surface area contributed by atoms with Gasteiger partial charge in [-0.05, 0) is 30.9 Å². The zero-order chi connectivity index (χ0) is 20.9. The predicted molar refractivity (Wildman–Crippen MR) is 114 cm³/mol. The van der Waals surface area contributed by atoms with Crippen LogP contribution in [0.25, 0.3) is 10.9 Å². The molecule has 0 atom stereocenters. The maximum Gasteiger partial charge on any atom is 0.317 e. The molecule has 2 aliphatic rings. The van der Waals surface area contributed by atoms with E-state index in [1.165, 1.54) is 0 Å². The molecule has 2 heterocycles. The van der Waals surface area contributed by atoms with Crippen molar-refractivity contribution >= 4 is 28.7 Å². The Kier molecular flexibility index (Phi) is 6.21. The molecule has 3 N–H and O–H groups in total. The number of benzene rings is 1. The molecule has 160 valence electrons. The van der Waals surface area contributed by atoms with Crippen LogP contribution < -0.4 is 10.6 Å². The van der Waals surface area contributed by atoms with Crippen LogP contribution in [0.3, 0.4) is 0 Å². The normalized spacial score (nSPS) is 16.5. The fourth-order valence-corrected chi connectivity index (χ4v) is 3.82. The monoisotopic (exact) mass is 411 g/mol. The van der Waals surface area contributed by atoms with Gasteiger partial charge in [0.25, 0.3) is 0 Å². The maximum atomic E-state index is 12.6. The van der Waals surface area contributed by atoms with Crippen LogP contribution in [0.4, 0.5) is 4.79 Å². The zero-order valence-electron chi connectivity index (χ0n) is 17.2. The predicted octanol–water partition coefficient (Wildman–Crippen LogP) is 1.62. The minimum absolute atomic E-state index is 0.0107. The summed E-state index contributed by atoms with van der Waals surface area (Å²) in [6.07, 6.45) is 5.56. The molecular weight excluding hydrogens is 382 g/mol. The van der Waals surface area contributed by atoms with Gasteiger partial charge >= 0.3 is 6.03 Å². The smallest absolute Gasteiger partial charge is 0.317 e. The summed E-state index contributed by atoms with van der Waals surface area (Å²) in [4.78, 5) is 43.3. The van der Waals surface area contributed by atoms with E-state index in [9.17, 15) is 14.4 Å². The number of rotatable bonds is 7. The first-order chi connectivity index (χ1) is 14.6. The third-order valence-corrected chi connectivity index (χ3v) is 5.77. The van der Waals surface area contributed by atoms with E-state index in [0.29, 0.717) is 58.0 Å². The van der Waals surface area contributed by atoms with Gasteiger partial charge in [-0.2, -0.15) is 0 Å². The van der Waals surface area contributed by atoms with Crippen LogP contribution in [-0.2, 0) is 16.0 Å². The number of aryl methyl sites for hydroxylation is 1. The summed E-state index contributed by atoms with van der Waals surface area (Å²) in [5.74, 6) is 0.112. The molecule has 2 aromatic rings. The molecule has 1 aromatic carbocycles. The molecule has 8 heteroatoms. The van der Waals surface area contributed by atoms with E-state index in [-0.39, 0.29) is 17.8 Å². The Morgan fingerprint density at radius 1 is 1.00 bits per heavy atom. The van der Waals surface area contributed by atoms with Crippen molar-refractivity contribution < 1.29 is 14.4 Å². The van der Waals surface area contributed by atoms with Crippen molar-refractivity contribution in [3.8, 4) is 0 Å². The summed E-state index contributed by atoms with van der Waals surface area (Å²) in [5.41, 5.74) is 2.24. The molecule has 0 bridgehead atoms. The van der Waals surface area contributed by atoms with Crippen LogP contribution in [0.5, 0.6) is 0 Å². The fourth-order valence-electron chi connectivity index (χ4n) is 3.82. The first-order valence-electron chi connectivity index (χ1n) is 10.7. The quantitative estimate of drug-likeness (QED) is 0.646. The number of hydrogen-bond donors (Lipinski definition) is 3. The second-order valence-corrected chi connectivity index (χ2v) is 8.05. The molecule has 30 heavy (non-hydrogen) atoms. The third kappa shape index (κ3) is 5.11. The second-order valence-electron chi connectivity index (χ2n) is 8.05. The topological polar surface area (TPSA) is 97.5 Å². The number of amides is 4. The van der Waals surface area contributed by atoms with Gasteiger partial charge < -0.3 is 25.4 Å². The van der Waals surface area contributed by atoms with Gasteiger partial charge in [-0.1, -0.05) is 18.2 Å². The number of carbonyl (C=O) groups excluding carboxylic acids is 3. The number of para-hydroxylation sites is 1. The molecule has 1 aromatic heterocycles. The molecule has 8 nitrogen and oxygen atoms in total. The van der Waals surface area contributed by atoms with E-state index >= 15 is 0 Å². The Morgan fingerprint density at radius 3 is 2.50 bits per heavy atom. The number of hydrogen-bond acceptors (Lipinski definition) is 3.